The molecule has 1 N–H and O–H groups in total. The highest BCUT2D eigenvalue weighted by atomic mass is 19.1. The van der Waals surface area contributed by atoms with Crippen molar-refractivity contribution in [2.24, 2.45) is 0 Å². The van der Waals surface area contributed by atoms with Crippen LogP contribution in [0.15, 0.2) is 65.7 Å². The molecule has 0 unspecified atom stereocenters. The van der Waals surface area contributed by atoms with E-state index in [2.05, 4.69) is 15.4 Å². The molecule has 1 aliphatic rings. The standard InChI is InChI=1S/C20H18FN5O2/c21-16-3-1-14(2-4-16)11-23-20(28)25-12-17(13-25)26-19(27)6-5-18(24-26)15-7-9-22-10-8-15/h1-10,17H,11-13H2,(H,23,28). The Hall–Kier alpha value is -3.55. The van der Waals surface area contributed by atoms with Gasteiger partial charge in [-0.3, -0.25) is 9.78 Å². The lowest BCUT2D eigenvalue weighted by Crippen LogP contribution is -2.56. The van der Waals surface area contributed by atoms with Crippen molar-refractivity contribution in [1.82, 2.24) is 25.0 Å². The maximum Gasteiger partial charge on any atom is 0.317 e. The third-order valence-corrected chi connectivity index (χ3v) is 4.65. The van der Waals surface area contributed by atoms with Crippen LogP contribution >= 0.6 is 0 Å². The van der Waals surface area contributed by atoms with Crippen molar-refractivity contribution in [3.63, 3.8) is 0 Å². The molecule has 0 radical (unpaired) electrons. The molecular weight excluding hydrogens is 361 g/mol. The van der Waals surface area contributed by atoms with Crippen LogP contribution in [0.1, 0.15) is 11.6 Å². The normalized spacial score (nSPS) is 13.8. The molecule has 3 aromatic rings. The number of nitrogens with one attached hydrogen (secondary N) is 1. The predicted octanol–water partition coefficient (Wildman–Crippen LogP) is 2.21. The van der Waals surface area contributed by atoms with Gasteiger partial charge >= 0.3 is 6.03 Å². The molecule has 0 atom stereocenters. The van der Waals surface area contributed by atoms with Crippen molar-refractivity contribution >= 4 is 6.03 Å². The Morgan fingerprint density at radius 2 is 1.79 bits per heavy atom. The Morgan fingerprint density at radius 3 is 2.50 bits per heavy atom. The number of urea groups is 1. The maximum atomic E-state index is 12.9. The number of likely N-dealkylation sites (tertiary alicyclic amines) is 1. The van der Waals surface area contributed by atoms with Gasteiger partial charge in [-0.25, -0.2) is 13.9 Å². The van der Waals surface area contributed by atoms with Gasteiger partial charge in [-0.15, -0.1) is 0 Å². The van der Waals surface area contributed by atoms with E-state index in [9.17, 15) is 14.0 Å². The van der Waals surface area contributed by atoms with Gasteiger partial charge in [0.05, 0.1) is 11.7 Å². The number of hydrogen-bond donors (Lipinski definition) is 1. The minimum atomic E-state index is -0.312. The predicted molar refractivity (Wildman–Crippen MR) is 101 cm³/mol. The molecule has 28 heavy (non-hydrogen) atoms. The molecule has 1 saturated heterocycles. The molecule has 3 heterocycles. The molecule has 4 rings (SSSR count). The van der Waals surface area contributed by atoms with E-state index in [4.69, 9.17) is 0 Å². The van der Waals surface area contributed by atoms with Gasteiger partial charge in [-0.05, 0) is 35.9 Å². The third kappa shape index (κ3) is 3.75. The third-order valence-electron chi connectivity index (χ3n) is 4.65. The fourth-order valence-corrected chi connectivity index (χ4v) is 3.03. The summed E-state index contributed by atoms with van der Waals surface area (Å²) in [5.41, 5.74) is 2.17. The lowest BCUT2D eigenvalue weighted by atomic mass is 10.1. The molecule has 0 bridgehead atoms. The zero-order valence-electron chi connectivity index (χ0n) is 15.0. The molecule has 142 valence electrons. The average molecular weight is 379 g/mol. The number of halogens is 1. The highest BCUT2D eigenvalue weighted by molar-refractivity contribution is 5.75. The van der Waals surface area contributed by atoms with Crippen molar-refractivity contribution in [1.29, 1.82) is 0 Å². The maximum absolute atomic E-state index is 12.9. The van der Waals surface area contributed by atoms with Gasteiger partial charge in [0.25, 0.3) is 5.56 Å². The lowest BCUT2D eigenvalue weighted by Gasteiger charge is -2.39. The largest absolute Gasteiger partial charge is 0.334 e. The lowest BCUT2D eigenvalue weighted by molar-refractivity contribution is 0.115. The van der Waals surface area contributed by atoms with Crippen molar-refractivity contribution in [3.8, 4) is 11.3 Å². The quantitative estimate of drug-likeness (QED) is 0.754. The molecule has 1 fully saturated rings. The number of amides is 2. The van der Waals surface area contributed by atoms with Crippen LogP contribution in [0.5, 0.6) is 0 Å². The number of carbonyl (C=O) groups excluding carboxylic acids is 1. The second-order valence-electron chi connectivity index (χ2n) is 6.58. The second-order valence-corrected chi connectivity index (χ2v) is 6.58. The molecule has 0 saturated carbocycles. The average Bonchev–Trinajstić information content (AvgIpc) is 2.68. The molecule has 7 nitrogen and oxygen atoms in total. The number of aromatic nitrogens is 3. The van der Waals surface area contributed by atoms with Gasteiger partial charge in [0.15, 0.2) is 0 Å². The smallest absolute Gasteiger partial charge is 0.317 e. The summed E-state index contributed by atoms with van der Waals surface area (Å²) in [6, 6.07) is 12.4. The van der Waals surface area contributed by atoms with Crippen molar-refractivity contribution in [2.45, 2.75) is 12.6 Å². The Labute approximate surface area is 160 Å². The second kappa shape index (κ2) is 7.59. The van der Waals surface area contributed by atoms with E-state index in [1.807, 2.05) is 12.1 Å². The molecule has 0 aliphatic carbocycles. The van der Waals surface area contributed by atoms with Gasteiger partial charge in [0.1, 0.15) is 5.82 Å². The Morgan fingerprint density at radius 1 is 1.07 bits per heavy atom. The van der Waals surface area contributed by atoms with Crippen LogP contribution in [0.25, 0.3) is 11.3 Å². The van der Waals surface area contributed by atoms with Crippen LogP contribution in [0.4, 0.5) is 9.18 Å². The SMILES string of the molecule is O=C(NCc1ccc(F)cc1)N1CC(n2nc(-c3ccncc3)ccc2=O)C1. The summed E-state index contributed by atoms with van der Waals surface area (Å²) in [6.45, 7) is 1.12. The number of carbonyl (C=O) groups is 1. The fraction of sp³-hybridized carbons (Fsp3) is 0.200. The first-order valence-corrected chi connectivity index (χ1v) is 8.87. The molecule has 1 aromatic carbocycles. The van der Waals surface area contributed by atoms with Crippen LogP contribution in [-0.4, -0.2) is 38.8 Å². The fourth-order valence-electron chi connectivity index (χ4n) is 3.03. The number of nitrogens with zero attached hydrogens (tertiary/aromatic N) is 4. The minimum Gasteiger partial charge on any atom is -0.334 e. The van der Waals surface area contributed by atoms with E-state index < -0.39 is 0 Å². The summed E-state index contributed by atoms with van der Waals surface area (Å²) in [5.74, 6) is -0.312. The summed E-state index contributed by atoms with van der Waals surface area (Å²) in [6.07, 6.45) is 3.34. The van der Waals surface area contributed by atoms with Crippen LogP contribution < -0.4 is 10.9 Å². The van der Waals surface area contributed by atoms with Gasteiger partial charge in [-0.1, -0.05) is 12.1 Å². The van der Waals surface area contributed by atoms with Crippen LogP contribution in [0.2, 0.25) is 0 Å². The van der Waals surface area contributed by atoms with Gasteiger partial charge in [-0.2, -0.15) is 5.10 Å². The molecule has 1 aliphatic heterocycles. The summed E-state index contributed by atoms with van der Waals surface area (Å²) in [5, 5.41) is 7.24. The Balaban J connectivity index is 1.37. The van der Waals surface area contributed by atoms with Gasteiger partial charge in [0, 0.05) is 43.7 Å². The summed E-state index contributed by atoms with van der Waals surface area (Å²) >= 11 is 0. The summed E-state index contributed by atoms with van der Waals surface area (Å²) in [4.78, 5) is 30.0. The van der Waals surface area contributed by atoms with E-state index in [0.29, 0.717) is 25.3 Å². The Bertz CT molecular complexity index is 1030. The Kier molecular flexibility index (Phi) is 4.84. The van der Waals surface area contributed by atoms with E-state index in [1.54, 1.807) is 35.5 Å². The zero-order valence-corrected chi connectivity index (χ0v) is 15.0. The van der Waals surface area contributed by atoms with E-state index >= 15 is 0 Å². The summed E-state index contributed by atoms with van der Waals surface area (Å²) < 4.78 is 14.3. The minimum absolute atomic E-state index is 0.161. The van der Waals surface area contributed by atoms with Gasteiger partial charge in [0.2, 0.25) is 0 Å². The molecular formula is C20H18FN5O2. The molecule has 2 aromatic heterocycles. The first-order valence-electron chi connectivity index (χ1n) is 8.87. The first-order chi connectivity index (χ1) is 13.6. The monoisotopic (exact) mass is 379 g/mol. The molecule has 8 heteroatoms. The number of benzene rings is 1. The topological polar surface area (TPSA) is 80.1 Å². The highest BCUT2D eigenvalue weighted by Gasteiger charge is 2.33. The number of hydrogen-bond acceptors (Lipinski definition) is 4. The van der Waals surface area contributed by atoms with Crippen molar-refractivity contribution < 1.29 is 9.18 Å². The van der Waals surface area contributed by atoms with Crippen LogP contribution in [-0.2, 0) is 6.54 Å². The highest BCUT2D eigenvalue weighted by Crippen LogP contribution is 2.21. The first kappa shape index (κ1) is 17.8. The van der Waals surface area contributed by atoms with Crippen molar-refractivity contribution in [2.75, 3.05) is 13.1 Å². The number of rotatable bonds is 4. The van der Waals surface area contributed by atoms with Crippen LogP contribution in [0, 0.1) is 5.82 Å². The van der Waals surface area contributed by atoms with E-state index in [-0.39, 0.29) is 23.4 Å². The van der Waals surface area contributed by atoms with E-state index in [0.717, 1.165) is 11.1 Å². The molecule has 0 spiro atoms. The van der Waals surface area contributed by atoms with E-state index in [1.165, 1.54) is 22.9 Å². The number of pyridine rings is 1. The summed E-state index contributed by atoms with van der Waals surface area (Å²) in [7, 11) is 0. The van der Waals surface area contributed by atoms with Crippen molar-refractivity contribution in [3.05, 3.63) is 82.7 Å². The molecule has 2 amide bonds. The van der Waals surface area contributed by atoms with Crippen LogP contribution in [0.3, 0.4) is 0 Å². The van der Waals surface area contributed by atoms with Gasteiger partial charge < -0.3 is 10.2 Å². The zero-order chi connectivity index (χ0) is 19.5.